The number of ether oxygens (including phenoxy) is 1. The SMILES string of the molecule is CCCN(C[C@H]1CCCCO1)C(=O)c1cn(C)nc1-c1ccc([N+](=O)[O-])cc1. The molecule has 0 spiro atoms. The second-order valence-corrected chi connectivity index (χ2v) is 7.11. The topological polar surface area (TPSA) is 90.5 Å². The number of benzene rings is 1. The summed E-state index contributed by atoms with van der Waals surface area (Å²) in [6.45, 7) is 4.01. The summed E-state index contributed by atoms with van der Waals surface area (Å²) in [6.07, 6.45) is 5.80. The zero-order valence-electron chi connectivity index (χ0n) is 16.3. The lowest BCUT2D eigenvalue weighted by atomic mass is 10.1. The van der Waals surface area contributed by atoms with Crippen molar-refractivity contribution in [1.29, 1.82) is 0 Å². The maximum atomic E-state index is 13.3. The molecule has 1 aromatic heterocycles. The van der Waals surface area contributed by atoms with Crippen LogP contribution in [-0.2, 0) is 11.8 Å². The third-order valence-electron chi connectivity index (χ3n) is 4.89. The molecule has 1 amide bonds. The molecule has 8 nitrogen and oxygen atoms in total. The molecule has 2 aromatic rings. The molecule has 1 saturated heterocycles. The number of nitro benzene ring substituents is 1. The van der Waals surface area contributed by atoms with Gasteiger partial charge < -0.3 is 9.64 Å². The van der Waals surface area contributed by atoms with Crippen molar-refractivity contribution in [3.05, 3.63) is 46.1 Å². The summed E-state index contributed by atoms with van der Waals surface area (Å²) in [5, 5.41) is 15.3. The van der Waals surface area contributed by atoms with Crippen LogP contribution < -0.4 is 0 Å². The van der Waals surface area contributed by atoms with Crippen LogP contribution >= 0.6 is 0 Å². The Morgan fingerprint density at radius 3 is 2.71 bits per heavy atom. The summed E-state index contributed by atoms with van der Waals surface area (Å²) in [7, 11) is 1.76. The van der Waals surface area contributed by atoms with Gasteiger partial charge >= 0.3 is 0 Å². The standard InChI is InChI=1S/C20H26N4O4/c1-3-11-23(13-17-6-4-5-12-28-17)20(25)18-14-22(2)21-19(18)15-7-9-16(10-8-15)24(26)27/h7-10,14,17H,3-6,11-13H2,1-2H3/t17-/m1/s1. The van der Waals surface area contributed by atoms with E-state index in [0.29, 0.717) is 29.9 Å². The fourth-order valence-electron chi connectivity index (χ4n) is 3.51. The number of aryl methyl sites for hydroxylation is 1. The molecule has 3 rings (SSSR count). The van der Waals surface area contributed by atoms with Gasteiger partial charge in [0.05, 0.1) is 16.6 Å². The third-order valence-corrected chi connectivity index (χ3v) is 4.89. The molecule has 150 valence electrons. The van der Waals surface area contributed by atoms with Crippen molar-refractivity contribution >= 4 is 11.6 Å². The summed E-state index contributed by atoms with van der Waals surface area (Å²) in [5.41, 5.74) is 1.73. The van der Waals surface area contributed by atoms with Crippen LogP contribution in [0.4, 0.5) is 5.69 Å². The minimum atomic E-state index is -0.443. The van der Waals surface area contributed by atoms with E-state index in [1.165, 1.54) is 12.1 Å². The molecule has 0 saturated carbocycles. The molecule has 28 heavy (non-hydrogen) atoms. The first-order valence-electron chi connectivity index (χ1n) is 9.69. The Morgan fingerprint density at radius 2 is 2.11 bits per heavy atom. The lowest BCUT2D eigenvalue weighted by Gasteiger charge is -2.29. The summed E-state index contributed by atoms with van der Waals surface area (Å²) in [4.78, 5) is 25.6. The van der Waals surface area contributed by atoms with Gasteiger partial charge in [-0.2, -0.15) is 5.10 Å². The average molecular weight is 386 g/mol. The second-order valence-electron chi connectivity index (χ2n) is 7.11. The van der Waals surface area contributed by atoms with Crippen molar-refractivity contribution in [1.82, 2.24) is 14.7 Å². The van der Waals surface area contributed by atoms with E-state index < -0.39 is 4.92 Å². The number of hydrogen-bond acceptors (Lipinski definition) is 5. The predicted molar refractivity (Wildman–Crippen MR) is 105 cm³/mol. The number of nitro groups is 1. The van der Waals surface area contributed by atoms with Gasteiger partial charge in [0.1, 0.15) is 5.69 Å². The predicted octanol–water partition coefficient (Wildman–Crippen LogP) is 3.42. The molecule has 0 aliphatic carbocycles. The first kappa shape index (κ1) is 20.0. The average Bonchev–Trinajstić information content (AvgIpc) is 3.09. The van der Waals surface area contributed by atoms with Crippen LogP contribution in [0.5, 0.6) is 0 Å². The number of non-ortho nitro benzene ring substituents is 1. The maximum absolute atomic E-state index is 13.3. The summed E-state index contributed by atoms with van der Waals surface area (Å²) in [5.74, 6) is -0.0857. The Balaban J connectivity index is 1.86. The highest BCUT2D eigenvalue weighted by Crippen LogP contribution is 2.26. The molecule has 0 bridgehead atoms. The summed E-state index contributed by atoms with van der Waals surface area (Å²) in [6, 6.07) is 6.12. The Morgan fingerprint density at radius 1 is 1.36 bits per heavy atom. The minimum Gasteiger partial charge on any atom is -0.376 e. The Bertz CT molecular complexity index is 825. The van der Waals surface area contributed by atoms with Crippen molar-refractivity contribution in [3.63, 3.8) is 0 Å². The van der Waals surface area contributed by atoms with Crippen molar-refractivity contribution in [2.45, 2.75) is 38.7 Å². The van der Waals surface area contributed by atoms with E-state index in [2.05, 4.69) is 5.10 Å². The third kappa shape index (κ3) is 4.56. The van der Waals surface area contributed by atoms with E-state index in [0.717, 1.165) is 32.3 Å². The number of aromatic nitrogens is 2. The van der Waals surface area contributed by atoms with Gasteiger partial charge in [0.2, 0.25) is 0 Å². The monoisotopic (exact) mass is 386 g/mol. The van der Waals surface area contributed by atoms with Gasteiger partial charge in [-0.05, 0) is 37.8 Å². The van der Waals surface area contributed by atoms with E-state index in [9.17, 15) is 14.9 Å². The number of carbonyl (C=O) groups is 1. The van der Waals surface area contributed by atoms with Gasteiger partial charge in [-0.25, -0.2) is 0 Å². The van der Waals surface area contributed by atoms with Crippen LogP contribution in [0.1, 0.15) is 43.0 Å². The first-order chi connectivity index (χ1) is 13.5. The van der Waals surface area contributed by atoms with E-state index in [1.54, 1.807) is 30.1 Å². The molecule has 0 radical (unpaired) electrons. The molecule has 1 aromatic carbocycles. The van der Waals surface area contributed by atoms with E-state index in [4.69, 9.17) is 4.74 Å². The number of amides is 1. The molecule has 8 heteroatoms. The molecule has 0 N–H and O–H groups in total. The van der Waals surface area contributed by atoms with E-state index in [-0.39, 0.29) is 17.7 Å². The zero-order chi connectivity index (χ0) is 20.1. The van der Waals surface area contributed by atoms with Gasteiger partial charge in [0.25, 0.3) is 11.6 Å². The number of nitrogens with zero attached hydrogens (tertiary/aromatic N) is 4. The Labute approximate surface area is 164 Å². The molecule has 1 atom stereocenters. The first-order valence-corrected chi connectivity index (χ1v) is 9.69. The summed E-state index contributed by atoms with van der Waals surface area (Å²) < 4.78 is 7.42. The molecule has 1 aliphatic heterocycles. The van der Waals surface area contributed by atoms with Gasteiger partial charge in [-0.1, -0.05) is 6.92 Å². The lowest BCUT2D eigenvalue weighted by Crippen LogP contribution is -2.40. The number of hydrogen-bond donors (Lipinski definition) is 0. The lowest BCUT2D eigenvalue weighted by molar-refractivity contribution is -0.384. The molecular formula is C20H26N4O4. The largest absolute Gasteiger partial charge is 0.376 e. The fraction of sp³-hybridized carbons (Fsp3) is 0.500. The summed E-state index contributed by atoms with van der Waals surface area (Å²) >= 11 is 0. The van der Waals surface area contributed by atoms with Gasteiger partial charge in [0.15, 0.2) is 0 Å². The molecular weight excluding hydrogens is 360 g/mol. The second kappa shape index (κ2) is 8.97. The Kier molecular flexibility index (Phi) is 6.41. The van der Waals surface area contributed by atoms with Crippen LogP contribution in [0, 0.1) is 10.1 Å². The highest BCUT2D eigenvalue weighted by atomic mass is 16.6. The normalized spacial score (nSPS) is 16.7. The highest BCUT2D eigenvalue weighted by molar-refractivity contribution is 5.99. The molecule has 1 fully saturated rings. The van der Waals surface area contributed by atoms with Crippen molar-refractivity contribution in [2.24, 2.45) is 7.05 Å². The quantitative estimate of drug-likeness (QED) is 0.537. The van der Waals surface area contributed by atoms with Crippen LogP contribution in [0.3, 0.4) is 0 Å². The molecule has 2 heterocycles. The van der Waals surface area contributed by atoms with Gasteiger partial charge in [-0.15, -0.1) is 0 Å². The van der Waals surface area contributed by atoms with Crippen molar-refractivity contribution in [3.8, 4) is 11.3 Å². The Hall–Kier alpha value is -2.74. The van der Waals surface area contributed by atoms with Crippen molar-refractivity contribution < 1.29 is 14.5 Å². The van der Waals surface area contributed by atoms with Gasteiger partial charge in [-0.3, -0.25) is 19.6 Å². The van der Waals surface area contributed by atoms with Crippen molar-refractivity contribution in [2.75, 3.05) is 19.7 Å². The van der Waals surface area contributed by atoms with Gasteiger partial charge in [0, 0.05) is 50.6 Å². The molecule has 0 unspecified atom stereocenters. The molecule has 1 aliphatic rings. The smallest absolute Gasteiger partial charge is 0.269 e. The number of rotatable bonds is 7. The van der Waals surface area contributed by atoms with Crippen LogP contribution in [-0.4, -0.2) is 51.3 Å². The maximum Gasteiger partial charge on any atom is 0.269 e. The van der Waals surface area contributed by atoms with E-state index >= 15 is 0 Å². The highest BCUT2D eigenvalue weighted by Gasteiger charge is 2.26. The number of carbonyl (C=O) groups excluding carboxylic acids is 1. The zero-order valence-corrected chi connectivity index (χ0v) is 16.3. The van der Waals surface area contributed by atoms with Crippen LogP contribution in [0.2, 0.25) is 0 Å². The van der Waals surface area contributed by atoms with Crippen LogP contribution in [0.25, 0.3) is 11.3 Å². The fourth-order valence-corrected chi connectivity index (χ4v) is 3.51. The minimum absolute atomic E-state index is 0.00890. The van der Waals surface area contributed by atoms with Crippen LogP contribution in [0.15, 0.2) is 30.5 Å². The van der Waals surface area contributed by atoms with E-state index in [1.807, 2.05) is 11.8 Å².